The summed E-state index contributed by atoms with van der Waals surface area (Å²) < 4.78 is 0. The van der Waals surface area contributed by atoms with E-state index in [-0.39, 0.29) is 5.41 Å². The molecule has 0 spiro atoms. The summed E-state index contributed by atoms with van der Waals surface area (Å²) in [6, 6.07) is 8.84. The van der Waals surface area contributed by atoms with E-state index in [0.717, 1.165) is 12.8 Å². The van der Waals surface area contributed by atoms with Crippen LogP contribution in [0.3, 0.4) is 0 Å². The number of benzene rings is 1. The molecule has 1 N–H and O–H groups in total. The topological polar surface area (TPSA) is 47.3 Å². The number of nitriles is 1. The zero-order valence-corrected chi connectivity index (χ0v) is 15.1. The number of piperidine rings is 1. The van der Waals surface area contributed by atoms with Crippen molar-refractivity contribution >= 4 is 0 Å². The van der Waals surface area contributed by atoms with E-state index in [1.165, 1.54) is 49.9 Å². The summed E-state index contributed by atoms with van der Waals surface area (Å²) in [6.07, 6.45) is 7.70. The quantitative estimate of drug-likeness (QED) is 0.789. The predicted octanol–water partition coefficient (Wildman–Crippen LogP) is 4.39. The van der Waals surface area contributed by atoms with Crippen molar-refractivity contribution in [3.8, 4) is 11.8 Å². The van der Waals surface area contributed by atoms with Crippen molar-refractivity contribution in [2.75, 3.05) is 13.1 Å². The zero-order chi connectivity index (χ0) is 17.2. The van der Waals surface area contributed by atoms with E-state index in [2.05, 4.69) is 30.9 Å². The number of rotatable bonds is 6. The Hall–Kier alpha value is -1.53. The summed E-state index contributed by atoms with van der Waals surface area (Å²) in [5.74, 6) is 1.03. The molecule has 1 aromatic carbocycles. The molecule has 3 atom stereocenters. The Balaban J connectivity index is 1.65. The summed E-state index contributed by atoms with van der Waals surface area (Å²) >= 11 is 0. The fraction of sp³-hybridized carbons (Fsp3) is 0.667. The van der Waals surface area contributed by atoms with Crippen LogP contribution in [0, 0.1) is 17.2 Å². The molecule has 1 fully saturated rings. The molecule has 2 aliphatic rings. The first-order chi connectivity index (χ1) is 11.6. The Morgan fingerprint density at radius 3 is 2.88 bits per heavy atom. The minimum absolute atomic E-state index is 0.195. The van der Waals surface area contributed by atoms with Gasteiger partial charge in [0, 0.05) is 12.5 Å². The molecule has 0 aromatic heterocycles. The molecule has 2 bridgehead atoms. The molecule has 1 aliphatic heterocycles. The number of phenols is 1. The third kappa shape index (κ3) is 3.17. The number of unbranched alkanes of at least 4 members (excludes halogenated alkanes) is 4. The lowest BCUT2D eigenvalue weighted by Gasteiger charge is -2.54. The first kappa shape index (κ1) is 17.3. The number of hydrogen-bond acceptors (Lipinski definition) is 3. The van der Waals surface area contributed by atoms with Gasteiger partial charge in [0.25, 0.3) is 0 Å². The zero-order valence-electron chi connectivity index (χ0n) is 15.1. The van der Waals surface area contributed by atoms with Crippen molar-refractivity contribution < 1.29 is 5.11 Å². The third-order valence-electron chi connectivity index (χ3n) is 6.59. The molecule has 1 saturated heterocycles. The molecule has 3 nitrogen and oxygen atoms in total. The predicted molar refractivity (Wildman–Crippen MR) is 97.0 cm³/mol. The molecule has 0 unspecified atom stereocenters. The van der Waals surface area contributed by atoms with E-state index >= 15 is 0 Å². The second kappa shape index (κ2) is 7.15. The Labute approximate surface area is 146 Å². The van der Waals surface area contributed by atoms with E-state index in [4.69, 9.17) is 5.26 Å². The van der Waals surface area contributed by atoms with E-state index in [0.29, 0.717) is 24.1 Å². The van der Waals surface area contributed by atoms with Crippen LogP contribution >= 0.6 is 0 Å². The maximum atomic E-state index is 9.91. The second-order valence-electron chi connectivity index (χ2n) is 7.93. The summed E-state index contributed by atoms with van der Waals surface area (Å²) in [5, 5.41) is 18.5. The van der Waals surface area contributed by atoms with Gasteiger partial charge in [-0.05, 0) is 73.4 Å². The van der Waals surface area contributed by atoms with Gasteiger partial charge >= 0.3 is 0 Å². The molecular weight excluding hydrogens is 296 g/mol. The molecular formula is C21H30N2O. The molecule has 1 aliphatic carbocycles. The minimum atomic E-state index is 0.195. The molecule has 1 aromatic rings. The summed E-state index contributed by atoms with van der Waals surface area (Å²) in [5.41, 5.74) is 3.00. The van der Waals surface area contributed by atoms with Gasteiger partial charge in [0.05, 0.1) is 6.07 Å². The number of phenolic OH excluding ortho intramolecular Hbond substituents is 1. The summed E-state index contributed by atoms with van der Waals surface area (Å²) in [4.78, 5) is 2.70. The largest absolute Gasteiger partial charge is 0.508 e. The fourth-order valence-electron chi connectivity index (χ4n) is 4.85. The normalized spacial score (nSPS) is 29.0. The number of aromatic hydroxyl groups is 1. The molecule has 24 heavy (non-hydrogen) atoms. The van der Waals surface area contributed by atoms with Crippen LogP contribution in [0.1, 0.15) is 63.5 Å². The van der Waals surface area contributed by atoms with Gasteiger partial charge in [0.15, 0.2) is 0 Å². The minimum Gasteiger partial charge on any atom is -0.508 e. The molecule has 130 valence electrons. The third-order valence-corrected chi connectivity index (χ3v) is 6.59. The number of nitrogens with zero attached hydrogens (tertiary/aromatic N) is 2. The van der Waals surface area contributed by atoms with Crippen molar-refractivity contribution in [1.82, 2.24) is 4.90 Å². The maximum Gasteiger partial charge on any atom is 0.115 e. The molecule has 3 heteroatoms. The van der Waals surface area contributed by atoms with E-state index in [9.17, 15) is 5.11 Å². The van der Waals surface area contributed by atoms with Crippen molar-refractivity contribution in [1.29, 1.82) is 5.26 Å². The molecule has 0 radical (unpaired) electrons. The van der Waals surface area contributed by atoms with Crippen molar-refractivity contribution in [2.45, 2.75) is 70.3 Å². The average Bonchev–Trinajstić information content (AvgIpc) is 2.56. The smallest absolute Gasteiger partial charge is 0.115 e. The molecule has 0 amide bonds. The SMILES string of the molecule is C[C@@H]1[C@@H]2Cc3ccc(O)cc3[C@@]1(C)CCN2CCCCCCC#N. The van der Waals surface area contributed by atoms with Gasteiger partial charge in [0.1, 0.15) is 5.75 Å². The van der Waals surface area contributed by atoms with Gasteiger partial charge in [0.2, 0.25) is 0 Å². The van der Waals surface area contributed by atoms with Crippen LogP contribution in [0.15, 0.2) is 18.2 Å². The molecule has 3 rings (SSSR count). The van der Waals surface area contributed by atoms with Crippen LogP contribution in [-0.2, 0) is 11.8 Å². The van der Waals surface area contributed by atoms with E-state index in [1.54, 1.807) is 0 Å². The first-order valence-electron chi connectivity index (χ1n) is 9.49. The van der Waals surface area contributed by atoms with Gasteiger partial charge in [-0.25, -0.2) is 0 Å². The maximum absolute atomic E-state index is 9.91. The second-order valence-corrected chi connectivity index (χ2v) is 7.93. The fourth-order valence-corrected chi connectivity index (χ4v) is 4.85. The van der Waals surface area contributed by atoms with Gasteiger partial charge in [-0.1, -0.05) is 32.8 Å². The van der Waals surface area contributed by atoms with Gasteiger partial charge < -0.3 is 5.11 Å². The van der Waals surface area contributed by atoms with E-state index < -0.39 is 0 Å². The van der Waals surface area contributed by atoms with Crippen LogP contribution in [-0.4, -0.2) is 29.1 Å². The van der Waals surface area contributed by atoms with Crippen LogP contribution in [0.25, 0.3) is 0 Å². The number of fused-ring (bicyclic) bond motifs is 4. The summed E-state index contributed by atoms with van der Waals surface area (Å²) in [6.45, 7) is 7.14. The molecule has 1 heterocycles. The van der Waals surface area contributed by atoms with Crippen molar-refractivity contribution in [2.24, 2.45) is 5.92 Å². The van der Waals surface area contributed by atoms with Gasteiger partial charge in [-0.2, -0.15) is 5.26 Å². The monoisotopic (exact) mass is 326 g/mol. The lowest BCUT2D eigenvalue weighted by molar-refractivity contribution is 0.0303. The number of likely N-dealkylation sites (tertiary alicyclic amines) is 1. The average molecular weight is 326 g/mol. The lowest BCUT2D eigenvalue weighted by Crippen LogP contribution is -2.58. The Morgan fingerprint density at radius 2 is 2.08 bits per heavy atom. The lowest BCUT2D eigenvalue weighted by atomic mass is 9.59. The van der Waals surface area contributed by atoms with Crippen LogP contribution in [0.4, 0.5) is 0 Å². The standard InChI is InChI=1S/C21H30N2O/c1-16-20-14-17-8-9-18(24)15-19(17)21(16,2)10-13-23(20)12-7-5-3-4-6-11-22/h8-9,15-16,20,24H,3-7,10,12-14H2,1-2H3/t16-,20+,21+/m1/s1. The highest BCUT2D eigenvalue weighted by molar-refractivity contribution is 5.44. The van der Waals surface area contributed by atoms with Crippen LogP contribution in [0.5, 0.6) is 5.75 Å². The first-order valence-corrected chi connectivity index (χ1v) is 9.49. The molecule has 0 saturated carbocycles. The van der Waals surface area contributed by atoms with Crippen LogP contribution in [0.2, 0.25) is 0 Å². The Morgan fingerprint density at radius 1 is 1.29 bits per heavy atom. The summed E-state index contributed by atoms with van der Waals surface area (Å²) in [7, 11) is 0. The van der Waals surface area contributed by atoms with Gasteiger partial charge in [-0.3, -0.25) is 4.90 Å². The van der Waals surface area contributed by atoms with Gasteiger partial charge in [-0.15, -0.1) is 0 Å². The van der Waals surface area contributed by atoms with Crippen LogP contribution < -0.4 is 0 Å². The highest BCUT2D eigenvalue weighted by atomic mass is 16.3. The van der Waals surface area contributed by atoms with Crippen molar-refractivity contribution in [3.63, 3.8) is 0 Å². The van der Waals surface area contributed by atoms with E-state index in [1.807, 2.05) is 12.1 Å². The van der Waals surface area contributed by atoms with Crippen molar-refractivity contribution in [3.05, 3.63) is 29.3 Å². The number of hydrogen-bond donors (Lipinski definition) is 1. The highest BCUT2D eigenvalue weighted by Gasteiger charge is 2.48. The highest BCUT2D eigenvalue weighted by Crippen LogP contribution is 2.49. The Bertz CT molecular complexity index is 621. The Kier molecular flexibility index (Phi) is 5.15.